The first-order chi connectivity index (χ1) is 12.2. The first-order valence-corrected chi connectivity index (χ1v) is 8.58. The van der Waals surface area contributed by atoms with Gasteiger partial charge in [0.15, 0.2) is 0 Å². The topological polar surface area (TPSA) is 12.0 Å². The molecule has 0 aliphatic rings. The van der Waals surface area contributed by atoms with Crippen molar-refractivity contribution in [3.05, 3.63) is 101 Å². The Labute approximate surface area is 149 Å². The van der Waals surface area contributed by atoms with E-state index < -0.39 is 0 Å². The first-order valence-electron chi connectivity index (χ1n) is 8.58. The Kier molecular flexibility index (Phi) is 5.15. The second-order valence-electron chi connectivity index (χ2n) is 6.03. The Morgan fingerprint density at radius 1 is 0.880 bits per heavy atom. The van der Waals surface area contributed by atoms with Gasteiger partial charge in [0.25, 0.3) is 0 Å². The lowest BCUT2D eigenvalue weighted by Crippen LogP contribution is -2.26. The van der Waals surface area contributed by atoms with Crippen LogP contribution >= 0.6 is 0 Å². The van der Waals surface area contributed by atoms with Gasteiger partial charge < -0.3 is 5.32 Å². The molecule has 0 radical (unpaired) electrons. The standard InChI is InChI=1S/C24H23N/c1-4-19-10-12-20(13-11-19)21-14-16-22(17-15-21)25-24(5-2)23-9-7-6-8-18(23)3/h5-17,25H,2-4H2,1H3/b24-23+. The van der Waals surface area contributed by atoms with E-state index in [1.54, 1.807) is 0 Å². The van der Waals surface area contributed by atoms with Crippen molar-refractivity contribution in [3.8, 4) is 11.1 Å². The molecule has 0 heterocycles. The summed E-state index contributed by atoms with van der Waals surface area (Å²) < 4.78 is 0. The molecule has 0 saturated carbocycles. The van der Waals surface area contributed by atoms with Gasteiger partial charge in [-0.3, -0.25) is 0 Å². The highest BCUT2D eigenvalue weighted by atomic mass is 14.9. The molecule has 124 valence electrons. The van der Waals surface area contributed by atoms with E-state index in [9.17, 15) is 0 Å². The van der Waals surface area contributed by atoms with Crippen molar-refractivity contribution >= 4 is 18.0 Å². The zero-order valence-electron chi connectivity index (χ0n) is 14.6. The summed E-state index contributed by atoms with van der Waals surface area (Å²) in [6.07, 6.45) is 2.90. The number of rotatable bonds is 5. The summed E-state index contributed by atoms with van der Waals surface area (Å²) in [5.41, 5.74) is 5.81. The molecule has 3 aromatic rings. The molecule has 1 heteroatoms. The molecular formula is C24H23N. The van der Waals surface area contributed by atoms with Crippen LogP contribution < -0.4 is 15.8 Å². The maximum atomic E-state index is 4.09. The van der Waals surface area contributed by atoms with Crippen molar-refractivity contribution in [1.82, 2.24) is 0 Å². The zero-order valence-corrected chi connectivity index (χ0v) is 14.6. The molecule has 0 spiro atoms. The van der Waals surface area contributed by atoms with Crippen molar-refractivity contribution in [2.45, 2.75) is 13.3 Å². The minimum absolute atomic E-state index is 0.964. The molecule has 0 fully saturated rings. The van der Waals surface area contributed by atoms with E-state index in [4.69, 9.17) is 0 Å². The Hall–Kier alpha value is -3.06. The normalized spacial score (nSPS) is 11.7. The SMILES string of the molecule is C=C/C(Nc1ccc(-c2ccc(CC)cc2)cc1)=c1/ccccc1=C. The highest BCUT2D eigenvalue weighted by molar-refractivity contribution is 5.73. The summed E-state index contributed by atoms with van der Waals surface area (Å²) >= 11 is 0. The molecule has 0 aliphatic heterocycles. The summed E-state index contributed by atoms with van der Waals surface area (Å²) in [5.74, 6) is 0. The molecule has 0 saturated heterocycles. The van der Waals surface area contributed by atoms with E-state index in [0.29, 0.717) is 0 Å². The molecule has 0 aliphatic carbocycles. The van der Waals surface area contributed by atoms with Crippen LogP contribution in [0.5, 0.6) is 0 Å². The molecule has 0 unspecified atom stereocenters. The third kappa shape index (κ3) is 3.89. The lowest BCUT2D eigenvalue weighted by Gasteiger charge is -2.09. The van der Waals surface area contributed by atoms with Crippen LogP contribution in [-0.2, 0) is 6.42 Å². The quantitative estimate of drug-likeness (QED) is 0.715. The third-order valence-electron chi connectivity index (χ3n) is 4.37. The second kappa shape index (κ2) is 7.67. The number of benzene rings is 3. The van der Waals surface area contributed by atoms with Gasteiger partial charge in [-0.2, -0.15) is 0 Å². The number of aryl methyl sites for hydroxylation is 1. The fourth-order valence-electron chi connectivity index (χ4n) is 2.85. The Morgan fingerprint density at radius 3 is 2.04 bits per heavy atom. The van der Waals surface area contributed by atoms with Crippen LogP contribution in [0.2, 0.25) is 0 Å². The minimum Gasteiger partial charge on any atom is -0.355 e. The molecule has 1 N–H and O–H groups in total. The van der Waals surface area contributed by atoms with E-state index in [2.05, 4.69) is 80.0 Å². The highest BCUT2D eigenvalue weighted by Gasteiger charge is 2.00. The zero-order chi connectivity index (χ0) is 17.6. The predicted octanol–water partition coefficient (Wildman–Crippen LogP) is 4.73. The summed E-state index contributed by atoms with van der Waals surface area (Å²) in [6.45, 7) is 10.2. The monoisotopic (exact) mass is 325 g/mol. The summed E-state index contributed by atoms with van der Waals surface area (Å²) in [4.78, 5) is 0. The van der Waals surface area contributed by atoms with Gasteiger partial charge in [0.2, 0.25) is 0 Å². The summed E-state index contributed by atoms with van der Waals surface area (Å²) in [7, 11) is 0. The fraction of sp³-hybridized carbons (Fsp3) is 0.0833. The Balaban J connectivity index is 1.87. The van der Waals surface area contributed by atoms with Crippen LogP contribution in [0.15, 0.2) is 85.5 Å². The first kappa shape index (κ1) is 16.8. The van der Waals surface area contributed by atoms with Crippen molar-refractivity contribution in [2.24, 2.45) is 0 Å². The van der Waals surface area contributed by atoms with Crippen molar-refractivity contribution in [1.29, 1.82) is 0 Å². The summed E-state index contributed by atoms with van der Waals surface area (Å²) in [6, 6.07) is 25.3. The maximum Gasteiger partial charge on any atom is 0.0457 e. The van der Waals surface area contributed by atoms with Gasteiger partial charge in [-0.1, -0.05) is 80.7 Å². The molecule has 0 atom stereocenters. The number of hydrogen-bond donors (Lipinski definition) is 1. The van der Waals surface area contributed by atoms with E-state index >= 15 is 0 Å². The van der Waals surface area contributed by atoms with Crippen LogP contribution in [0.25, 0.3) is 23.4 Å². The van der Waals surface area contributed by atoms with Gasteiger partial charge in [0, 0.05) is 16.6 Å². The van der Waals surface area contributed by atoms with Crippen molar-refractivity contribution in [3.63, 3.8) is 0 Å². The van der Waals surface area contributed by atoms with E-state index in [0.717, 1.165) is 28.2 Å². The van der Waals surface area contributed by atoms with E-state index in [1.165, 1.54) is 16.7 Å². The smallest absolute Gasteiger partial charge is 0.0457 e. The second-order valence-corrected chi connectivity index (χ2v) is 6.03. The Morgan fingerprint density at radius 2 is 1.48 bits per heavy atom. The molecule has 3 aromatic carbocycles. The van der Waals surface area contributed by atoms with Crippen LogP contribution in [0.4, 0.5) is 5.69 Å². The van der Waals surface area contributed by atoms with Crippen LogP contribution in [0.1, 0.15) is 12.5 Å². The molecule has 0 bridgehead atoms. The number of nitrogens with one attached hydrogen (secondary N) is 1. The van der Waals surface area contributed by atoms with Gasteiger partial charge >= 0.3 is 0 Å². The molecule has 0 amide bonds. The van der Waals surface area contributed by atoms with Crippen LogP contribution in [-0.4, -0.2) is 0 Å². The third-order valence-corrected chi connectivity index (χ3v) is 4.37. The van der Waals surface area contributed by atoms with Gasteiger partial charge in [-0.25, -0.2) is 0 Å². The van der Waals surface area contributed by atoms with Crippen molar-refractivity contribution < 1.29 is 0 Å². The predicted molar refractivity (Wildman–Crippen MR) is 110 cm³/mol. The lowest BCUT2D eigenvalue weighted by molar-refractivity contribution is 1.14. The van der Waals surface area contributed by atoms with Crippen LogP contribution in [0, 0.1) is 0 Å². The Bertz CT molecular complexity index is 964. The molecular weight excluding hydrogens is 302 g/mol. The molecule has 3 rings (SSSR count). The minimum atomic E-state index is 0.964. The lowest BCUT2D eigenvalue weighted by atomic mass is 10.0. The van der Waals surface area contributed by atoms with Crippen molar-refractivity contribution in [2.75, 3.05) is 5.32 Å². The average Bonchev–Trinajstić information content (AvgIpc) is 2.67. The number of hydrogen-bond acceptors (Lipinski definition) is 1. The average molecular weight is 325 g/mol. The molecule has 25 heavy (non-hydrogen) atoms. The summed E-state index contributed by atoms with van der Waals surface area (Å²) in [5, 5.41) is 5.49. The van der Waals surface area contributed by atoms with E-state index in [-0.39, 0.29) is 0 Å². The van der Waals surface area contributed by atoms with Gasteiger partial charge in [0.1, 0.15) is 0 Å². The molecule has 1 nitrogen and oxygen atoms in total. The van der Waals surface area contributed by atoms with Gasteiger partial charge in [-0.15, -0.1) is 0 Å². The molecule has 0 aromatic heterocycles. The highest BCUT2D eigenvalue weighted by Crippen LogP contribution is 2.22. The van der Waals surface area contributed by atoms with Crippen LogP contribution in [0.3, 0.4) is 0 Å². The van der Waals surface area contributed by atoms with E-state index in [1.807, 2.05) is 24.3 Å². The van der Waals surface area contributed by atoms with Gasteiger partial charge in [-0.05, 0) is 46.5 Å². The maximum absolute atomic E-state index is 4.09. The fourth-order valence-corrected chi connectivity index (χ4v) is 2.85. The number of anilines is 1. The largest absolute Gasteiger partial charge is 0.355 e. The van der Waals surface area contributed by atoms with Gasteiger partial charge in [0.05, 0.1) is 0 Å².